The summed E-state index contributed by atoms with van der Waals surface area (Å²) in [4.78, 5) is 17.4. The molecule has 0 radical (unpaired) electrons. The number of aromatic nitrogens is 3. The Morgan fingerprint density at radius 3 is 2.96 bits per heavy atom. The van der Waals surface area contributed by atoms with Crippen LogP contribution in [0.2, 0.25) is 0 Å². The first-order valence-electron chi connectivity index (χ1n) is 8.92. The molecule has 5 heteroatoms. The second kappa shape index (κ2) is 6.48. The van der Waals surface area contributed by atoms with Gasteiger partial charge in [0.05, 0.1) is 11.1 Å². The average molecular weight is 337 g/mol. The molecule has 2 aromatic heterocycles. The lowest BCUT2D eigenvalue weighted by Gasteiger charge is -2.30. The number of aliphatic hydroxyl groups is 1. The minimum absolute atomic E-state index is 0.0272. The van der Waals surface area contributed by atoms with E-state index in [4.69, 9.17) is 0 Å². The second-order valence-corrected chi connectivity index (χ2v) is 7.01. The Bertz CT molecular complexity index is 957. The van der Waals surface area contributed by atoms with Gasteiger partial charge in [0, 0.05) is 32.1 Å². The van der Waals surface area contributed by atoms with Crippen LogP contribution in [0.1, 0.15) is 31.7 Å². The van der Waals surface area contributed by atoms with Crippen LogP contribution in [-0.2, 0) is 7.05 Å². The maximum atomic E-state index is 12.9. The summed E-state index contributed by atoms with van der Waals surface area (Å²) in [5.74, 6) is 1.07. The van der Waals surface area contributed by atoms with E-state index in [-0.39, 0.29) is 12.2 Å². The first-order chi connectivity index (χ1) is 12.2. The first-order valence-corrected chi connectivity index (χ1v) is 8.92. The van der Waals surface area contributed by atoms with E-state index in [0.717, 1.165) is 42.4 Å². The van der Waals surface area contributed by atoms with Crippen LogP contribution in [0.5, 0.6) is 0 Å². The molecule has 1 aromatic carbocycles. The summed E-state index contributed by atoms with van der Waals surface area (Å²) in [6.07, 6.45) is 7.92. The third-order valence-corrected chi connectivity index (χ3v) is 5.45. The van der Waals surface area contributed by atoms with E-state index in [2.05, 4.69) is 9.55 Å². The smallest absolute Gasteiger partial charge is 0.261 e. The van der Waals surface area contributed by atoms with Crippen LogP contribution >= 0.6 is 0 Å². The zero-order chi connectivity index (χ0) is 17.4. The Morgan fingerprint density at radius 1 is 1.28 bits per heavy atom. The van der Waals surface area contributed by atoms with E-state index in [1.54, 1.807) is 10.8 Å². The number of hydrogen-bond donors (Lipinski definition) is 1. The van der Waals surface area contributed by atoms with Crippen molar-refractivity contribution >= 4 is 10.9 Å². The normalized spacial score (nSPS) is 20.9. The van der Waals surface area contributed by atoms with Crippen LogP contribution in [0.3, 0.4) is 0 Å². The van der Waals surface area contributed by atoms with Gasteiger partial charge in [0.2, 0.25) is 0 Å². The van der Waals surface area contributed by atoms with E-state index in [0.29, 0.717) is 17.5 Å². The van der Waals surface area contributed by atoms with Crippen molar-refractivity contribution in [2.75, 3.05) is 6.61 Å². The van der Waals surface area contributed by atoms with Crippen LogP contribution in [0.25, 0.3) is 22.3 Å². The van der Waals surface area contributed by atoms with Gasteiger partial charge in [-0.2, -0.15) is 0 Å². The molecule has 0 bridgehead atoms. The van der Waals surface area contributed by atoms with Crippen molar-refractivity contribution in [3.8, 4) is 11.4 Å². The molecule has 0 saturated heterocycles. The lowest BCUT2D eigenvalue weighted by atomic mass is 9.86. The highest BCUT2D eigenvalue weighted by Gasteiger charge is 2.25. The van der Waals surface area contributed by atoms with E-state index in [1.807, 2.05) is 43.6 Å². The lowest BCUT2D eigenvalue weighted by molar-refractivity contribution is 0.163. The Balaban J connectivity index is 1.82. The molecule has 1 N–H and O–H groups in total. The van der Waals surface area contributed by atoms with Crippen LogP contribution in [0.15, 0.2) is 47.5 Å². The zero-order valence-electron chi connectivity index (χ0n) is 14.4. The van der Waals surface area contributed by atoms with Gasteiger partial charge >= 0.3 is 0 Å². The van der Waals surface area contributed by atoms with E-state index in [1.165, 1.54) is 0 Å². The molecule has 3 aromatic rings. The molecule has 4 rings (SSSR count). The van der Waals surface area contributed by atoms with Gasteiger partial charge in [-0.05, 0) is 42.7 Å². The molecule has 25 heavy (non-hydrogen) atoms. The molecule has 2 heterocycles. The minimum Gasteiger partial charge on any atom is -0.396 e. The maximum absolute atomic E-state index is 12.9. The van der Waals surface area contributed by atoms with Crippen LogP contribution < -0.4 is 5.56 Å². The van der Waals surface area contributed by atoms with Crippen LogP contribution in [0.4, 0.5) is 0 Å². The molecule has 1 saturated carbocycles. The highest BCUT2D eigenvalue weighted by atomic mass is 16.3. The predicted octanol–water partition coefficient (Wildman–Crippen LogP) is 3.13. The monoisotopic (exact) mass is 337 g/mol. The van der Waals surface area contributed by atoms with Crippen LogP contribution in [0, 0.1) is 5.92 Å². The van der Waals surface area contributed by atoms with Gasteiger partial charge in [-0.3, -0.25) is 4.79 Å². The summed E-state index contributed by atoms with van der Waals surface area (Å²) in [7, 11) is 1.81. The van der Waals surface area contributed by atoms with Gasteiger partial charge in [0.1, 0.15) is 5.82 Å². The molecule has 0 amide bonds. The Labute approximate surface area is 146 Å². The molecule has 2 atom stereocenters. The van der Waals surface area contributed by atoms with Gasteiger partial charge in [0.15, 0.2) is 0 Å². The highest BCUT2D eigenvalue weighted by Crippen LogP contribution is 2.34. The quantitative estimate of drug-likeness (QED) is 0.799. The molecule has 1 aliphatic carbocycles. The number of imidazole rings is 1. The molecule has 0 spiro atoms. The Kier molecular flexibility index (Phi) is 4.17. The third-order valence-electron chi connectivity index (χ3n) is 5.45. The number of rotatable bonds is 3. The highest BCUT2D eigenvalue weighted by molar-refractivity contribution is 5.83. The molecule has 5 nitrogen and oxygen atoms in total. The zero-order valence-corrected chi connectivity index (χ0v) is 14.4. The minimum atomic E-state index is -0.0272. The van der Waals surface area contributed by atoms with Gasteiger partial charge in [-0.1, -0.05) is 24.6 Å². The van der Waals surface area contributed by atoms with Gasteiger partial charge < -0.3 is 14.2 Å². The fourth-order valence-electron chi connectivity index (χ4n) is 4.08. The fraction of sp³-hybridized carbons (Fsp3) is 0.400. The fourth-order valence-corrected chi connectivity index (χ4v) is 4.08. The summed E-state index contributed by atoms with van der Waals surface area (Å²) in [6.45, 7) is 0.234. The number of aryl methyl sites for hydroxylation is 1. The van der Waals surface area contributed by atoms with Crippen LogP contribution in [-0.4, -0.2) is 25.8 Å². The summed E-state index contributed by atoms with van der Waals surface area (Å²) >= 11 is 0. The average Bonchev–Trinajstić information content (AvgIpc) is 3.14. The maximum Gasteiger partial charge on any atom is 0.261 e. The van der Waals surface area contributed by atoms with Crippen molar-refractivity contribution in [1.82, 2.24) is 14.1 Å². The van der Waals surface area contributed by atoms with E-state index >= 15 is 0 Å². The Hall–Kier alpha value is -2.40. The van der Waals surface area contributed by atoms with E-state index < -0.39 is 0 Å². The van der Waals surface area contributed by atoms with Gasteiger partial charge in [-0.25, -0.2) is 4.98 Å². The van der Waals surface area contributed by atoms with Crippen molar-refractivity contribution < 1.29 is 5.11 Å². The molecular weight excluding hydrogens is 314 g/mol. The van der Waals surface area contributed by atoms with Crippen molar-refractivity contribution in [2.24, 2.45) is 13.0 Å². The van der Waals surface area contributed by atoms with Crippen molar-refractivity contribution in [3.05, 3.63) is 53.1 Å². The number of hydrogen-bond acceptors (Lipinski definition) is 3. The number of fused-ring (bicyclic) bond motifs is 1. The molecule has 130 valence electrons. The topological polar surface area (TPSA) is 60.0 Å². The Morgan fingerprint density at radius 2 is 2.12 bits per heavy atom. The lowest BCUT2D eigenvalue weighted by Crippen LogP contribution is -2.24. The third kappa shape index (κ3) is 2.78. The number of nitrogens with zero attached hydrogens (tertiary/aromatic N) is 3. The van der Waals surface area contributed by atoms with Crippen molar-refractivity contribution in [2.45, 2.75) is 31.7 Å². The largest absolute Gasteiger partial charge is 0.396 e. The molecule has 0 unspecified atom stereocenters. The van der Waals surface area contributed by atoms with Gasteiger partial charge in [-0.15, -0.1) is 0 Å². The molecular formula is C20H23N3O2. The molecule has 0 aliphatic heterocycles. The first kappa shape index (κ1) is 16.1. The van der Waals surface area contributed by atoms with Gasteiger partial charge in [0.25, 0.3) is 5.56 Å². The number of para-hydroxylation sites is 1. The van der Waals surface area contributed by atoms with Crippen molar-refractivity contribution in [1.29, 1.82) is 0 Å². The van der Waals surface area contributed by atoms with E-state index in [9.17, 15) is 9.90 Å². The summed E-state index contributed by atoms with van der Waals surface area (Å²) in [5, 5.41) is 10.5. The molecule has 1 fully saturated rings. The number of pyridine rings is 1. The summed E-state index contributed by atoms with van der Waals surface area (Å²) < 4.78 is 3.83. The summed E-state index contributed by atoms with van der Waals surface area (Å²) in [5.41, 5.74) is 1.53. The SMILES string of the molecule is Cn1c(=O)c(-c2nccn2[C@H]2CCC[C@@H](CO)C2)cc2ccccc21. The summed E-state index contributed by atoms with van der Waals surface area (Å²) in [6, 6.07) is 10.1. The standard InChI is InChI=1S/C20H23N3O2/c1-22-18-8-3-2-6-15(18)12-17(20(22)25)19-21-9-10-23(19)16-7-4-5-14(11-16)13-24/h2-3,6,8-10,12,14,16,24H,4-5,7,11,13H2,1H3/t14-,16+/m1/s1. The van der Waals surface area contributed by atoms with Crippen molar-refractivity contribution in [3.63, 3.8) is 0 Å². The number of aliphatic hydroxyl groups excluding tert-OH is 1. The molecule has 1 aliphatic rings. The predicted molar refractivity (Wildman–Crippen MR) is 98.5 cm³/mol. The number of benzene rings is 1. The second-order valence-electron chi connectivity index (χ2n) is 7.01.